The SMILES string of the molecule is CC(=O)[n+]1ccc2ccccc2c1.[Cl-]. The van der Waals surface area contributed by atoms with Gasteiger partial charge in [0.2, 0.25) is 0 Å². The van der Waals surface area contributed by atoms with E-state index in [4.69, 9.17) is 0 Å². The van der Waals surface area contributed by atoms with Crippen molar-refractivity contribution in [1.82, 2.24) is 0 Å². The summed E-state index contributed by atoms with van der Waals surface area (Å²) >= 11 is 0. The number of carbonyl (C=O) groups is 1. The molecule has 0 atom stereocenters. The number of pyridine rings is 1. The molecule has 3 heteroatoms. The molecule has 1 aromatic carbocycles. The molecule has 2 rings (SSSR count). The van der Waals surface area contributed by atoms with Crippen LogP contribution in [-0.4, -0.2) is 5.91 Å². The fourth-order valence-corrected chi connectivity index (χ4v) is 1.33. The van der Waals surface area contributed by atoms with Crippen LogP contribution in [0.5, 0.6) is 0 Å². The summed E-state index contributed by atoms with van der Waals surface area (Å²) in [4.78, 5) is 11.1. The Kier molecular flexibility index (Phi) is 3.20. The van der Waals surface area contributed by atoms with Crippen molar-refractivity contribution in [2.24, 2.45) is 0 Å². The van der Waals surface area contributed by atoms with Crippen LogP contribution in [0, 0.1) is 0 Å². The van der Waals surface area contributed by atoms with E-state index in [1.165, 1.54) is 0 Å². The van der Waals surface area contributed by atoms with E-state index in [1.54, 1.807) is 17.7 Å². The highest BCUT2D eigenvalue weighted by Crippen LogP contribution is 2.09. The van der Waals surface area contributed by atoms with Crippen LogP contribution in [0.2, 0.25) is 0 Å². The van der Waals surface area contributed by atoms with Gasteiger partial charge < -0.3 is 12.4 Å². The second kappa shape index (κ2) is 4.20. The van der Waals surface area contributed by atoms with Crippen LogP contribution >= 0.6 is 0 Å². The number of hydrogen-bond acceptors (Lipinski definition) is 1. The minimum atomic E-state index is 0. The van der Waals surface area contributed by atoms with Crippen molar-refractivity contribution >= 4 is 16.7 Å². The first-order valence-corrected chi connectivity index (χ1v) is 4.18. The summed E-state index contributed by atoms with van der Waals surface area (Å²) in [5.74, 6) is 0.0331. The molecule has 0 aliphatic carbocycles. The number of nitrogens with zero attached hydrogens (tertiary/aromatic N) is 1. The summed E-state index contributed by atoms with van der Waals surface area (Å²) in [5, 5.41) is 2.24. The molecule has 0 radical (unpaired) electrons. The Labute approximate surface area is 88.6 Å². The number of halogens is 1. The van der Waals surface area contributed by atoms with E-state index in [9.17, 15) is 4.79 Å². The van der Waals surface area contributed by atoms with E-state index in [-0.39, 0.29) is 18.3 Å². The Morgan fingerprint density at radius 2 is 1.79 bits per heavy atom. The fraction of sp³-hybridized carbons (Fsp3) is 0.0909. The Hall–Kier alpha value is -1.41. The molecule has 0 aliphatic rings. The van der Waals surface area contributed by atoms with Gasteiger partial charge in [-0.15, -0.1) is 4.57 Å². The zero-order valence-electron chi connectivity index (χ0n) is 7.77. The minimum Gasteiger partial charge on any atom is -1.00 e. The average molecular weight is 208 g/mol. The summed E-state index contributed by atoms with van der Waals surface area (Å²) in [6, 6.07) is 9.92. The number of rotatable bonds is 0. The van der Waals surface area contributed by atoms with Crippen LogP contribution in [0.15, 0.2) is 42.7 Å². The second-order valence-corrected chi connectivity index (χ2v) is 3.00. The lowest BCUT2D eigenvalue weighted by atomic mass is 10.2. The maximum absolute atomic E-state index is 11.1. The topological polar surface area (TPSA) is 20.9 Å². The Morgan fingerprint density at radius 3 is 2.43 bits per heavy atom. The van der Waals surface area contributed by atoms with Gasteiger partial charge in [-0.1, -0.05) is 18.2 Å². The van der Waals surface area contributed by atoms with Crippen molar-refractivity contribution in [3.63, 3.8) is 0 Å². The lowest BCUT2D eigenvalue weighted by Gasteiger charge is -1.93. The predicted molar refractivity (Wildman–Crippen MR) is 50.4 cm³/mol. The Morgan fingerprint density at radius 1 is 1.14 bits per heavy atom. The highest BCUT2D eigenvalue weighted by Gasteiger charge is 2.06. The summed E-state index contributed by atoms with van der Waals surface area (Å²) < 4.78 is 1.59. The maximum atomic E-state index is 11.1. The van der Waals surface area contributed by atoms with Crippen molar-refractivity contribution in [3.05, 3.63) is 42.7 Å². The molecule has 0 amide bonds. The summed E-state index contributed by atoms with van der Waals surface area (Å²) in [6.45, 7) is 1.55. The Balaban J connectivity index is 0.000000980. The lowest BCUT2D eigenvalue weighted by Crippen LogP contribution is -3.00. The first-order valence-electron chi connectivity index (χ1n) is 4.18. The third kappa shape index (κ3) is 1.91. The largest absolute Gasteiger partial charge is 1.00 e. The van der Waals surface area contributed by atoms with E-state index >= 15 is 0 Å². The zero-order chi connectivity index (χ0) is 9.26. The number of fused-ring (bicyclic) bond motifs is 1. The van der Waals surface area contributed by atoms with Crippen molar-refractivity contribution in [2.45, 2.75) is 6.92 Å². The van der Waals surface area contributed by atoms with E-state index in [0.29, 0.717) is 0 Å². The van der Waals surface area contributed by atoms with Gasteiger partial charge in [0.15, 0.2) is 12.4 Å². The molecule has 0 N–H and O–H groups in total. The van der Waals surface area contributed by atoms with Crippen molar-refractivity contribution in [2.75, 3.05) is 0 Å². The molecule has 0 bridgehead atoms. The van der Waals surface area contributed by atoms with Crippen LogP contribution < -0.4 is 17.0 Å². The Bertz CT molecular complexity index is 468. The van der Waals surface area contributed by atoms with E-state index < -0.39 is 0 Å². The summed E-state index contributed by atoms with van der Waals surface area (Å²) in [5.41, 5.74) is 0. The molecule has 14 heavy (non-hydrogen) atoms. The van der Waals surface area contributed by atoms with Gasteiger partial charge in [-0.25, -0.2) is 4.79 Å². The molecule has 0 aliphatic heterocycles. The van der Waals surface area contributed by atoms with Crippen LogP contribution in [0.4, 0.5) is 0 Å². The second-order valence-electron chi connectivity index (χ2n) is 3.00. The summed E-state index contributed by atoms with van der Waals surface area (Å²) in [6.07, 6.45) is 3.63. The average Bonchev–Trinajstić information content (AvgIpc) is 2.17. The molecule has 0 unspecified atom stereocenters. The fourth-order valence-electron chi connectivity index (χ4n) is 1.33. The maximum Gasteiger partial charge on any atom is 0.389 e. The van der Waals surface area contributed by atoms with Gasteiger partial charge in [0.25, 0.3) is 0 Å². The predicted octanol–water partition coefficient (Wildman–Crippen LogP) is -1.21. The van der Waals surface area contributed by atoms with Crippen molar-refractivity contribution in [3.8, 4) is 0 Å². The normalized spacial score (nSPS) is 9.50. The van der Waals surface area contributed by atoms with E-state index in [1.807, 2.05) is 36.5 Å². The quantitative estimate of drug-likeness (QED) is 0.497. The highest BCUT2D eigenvalue weighted by molar-refractivity contribution is 5.81. The number of carbonyl (C=O) groups excluding carboxylic acids is 1. The van der Waals surface area contributed by atoms with Crippen LogP contribution in [-0.2, 0) is 0 Å². The molecule has 0 saturated heterocycles. The monoisotopic (exact) mass is 207 g/mol. The van der Waals surface area contributed by atoms with Gasteiger partial charge in [0, 0.05) is 11.5 Å². The summed E-state index contributed by atoms with van der Waals surface area (Å²) in [7, 11) is 0. The molecular weight excluding hydrogens is 198 g/mol. The molecular formula is C11H10ClNO. The van der Waals surface area contributed by atoms with E-state index in [0.717, 1.165) is 10.8 Å². The minimum absolute atomic E-state index is 0. The van der Waals surface area contributed by atoms with Gasteiger partial charge in [-0.3, -0.25) is 0 Å². The molecule has 1 heterocycles. The van der Waals surface area contributed by atoms with Crippen molar-refractivity contribution < 1.29 is 21.8 Å². The van der Waals surface area contributed by atoms with Gasteiger partial charge in [0.1, 0.15) is 0 Å². The van der Waals surface area contributed by atoms with Gasteiger partial charge in [-0.2, -0.15) is 0 Å². The third-order valence-corrected chi connectivity index (χ3v) is 2.05. The molecule has 2 nitrogen and oxygen atoms in total. The first kappa shape index (κ1) is 10.7. The molecule has 72 valence electrons. The van der Waals surface area contributed by atoms with Gasteiger partial charge in [-0.05, 0) is 11.5 Å². The zero-order valence-corrected chi connectivity index (χ0v) is 8.53. The van der Waals surface area contributed by atoms with Crippen LogP contribution in [0.1, 0.15) is 11.7 Å². The number of hydrogen-bond donors (Lipinski definition) is 0. The molecule has 0 saturated carbocycles. The van der Waals surface area contributed by atoms with Gasteiger partial charge >= 0.3 is 5.91 Å². The molecule has 2 aromatic rings. The number of aromatic nitrogens is 1. The van der Waals surface area contributed by atoms with Crippen LogP contribution in [0.25, 0.3) is 10.8 Å². The van der Waals surface area contributed by atoms with Crippen LogP contribution in [0.3, 0.4) is 0 Å². The smallest absolute Gasteiger partial charge is 0.389 e. The standard InChI is InChI=1S/C11H10NO.ClH/c1-9(13)12-7-6-10-4-2-3-5-11(10)8-12;/h2-8H,1H3;1H/q+1;/p-1. The molecule has 0 fully saturated rings. The molecule has 0 spiro atoms. The van der Waals surface area contributed by atoms with Gasteiger partial charge in [0.05, 0.1) is 6.92 Å². The van der Waals surface area contributed by atoms with Crippen molar-refractivity contribution in [1.29, 1.82) is 0 Å². The lowest BCUT2D eigenvalue weighted by molar-refractivity contribution is -0.571. The number of benzene rings is 1. The molecule has 1 aromatic heterocycles. The first-order chi connectivity index (χ1) is 6.27. The van der Waals surface area contributed by atoms with E-state index in [2.05, 4.69) is 0 Å². The third-order valence-electron chi connectivity index (χ3n) is 2.05. The highest BCUT2D eigenvalue weighted by atomic mass is 35.5.